The van der Waals surface area contributed by atoms with E-state index in [0.29, 0.717) is 6.54 Å². The van der Waals surface area contributed by atoms with Crippen LogP contribution in [0.3, 0.4) is 0 Å². The standard InChI is InChI=1S/C11H19N3O/c12-3-6-13-4-1-11(2-5-13)14-7-9-15-10-8-14/h11H,1-2,4-10H2. The number of rotatable bonds is 2. The van der Waals surface area contributed by atoms with Crippen molar-refractivity contribution in [1.82, 2.24) is 9.80 Å². The summed E-state index contributed by atoms with van der Waals surface area (Å²) >= 11 is 0. The van der Waals surface area contributed by atoms with Crippen LogP contribution < -0.4 is 0 Å². The topological polar surface area (TPSA) is 39.5 Å². The van der Waals surface area contributed by atoms with Crippen LogP contribution in [0.2, 0.25) is 0 Å². The zero-order chi connectivity index (χ0) is 10.5. The fourth-order valence-electron chi connectivity index (χ4n) is 2.49. The first-order valence-corrected chi connectivity index (χ1v) is 5.81. The molecule has 15 heavy (non-hydrogen) atoms. The van der Waals surface area contributed by atoms with Crippen molar-refractivity contribution in [1.29, 1.82) is 5.26 Å². The predicted molar refractivity (Wildman–Crippen MR) is 57.5 cm³/mol. The molecule has 0 atom stereocenters. The number of piperidine rings is 1. The average molecular weight is 209 g/mol. The molecule has 0 aromatic heterocycles. The minimum Gasteiger partial charge on any atom is -0.379 e. The lowest BCUT2D eigenvalue weighted by atomic mass is 10.0. The van der Waals surface area contributed by atoms with Crippen LogP contribution in [-0.4, -0.2) is 61.8 Å². The van der Waals surface area contributed by atoms with Gasteiger partial charge in [0, 0.05) is 32.2 Å². The second-order valence-electron chi connectivity index (χ2n) is 4.31. The van der Waals surface area contributed by atoms with Crippen LogP contribution >= 0.6 is 0 Å². The number of nitrogens with zero attached hydrogens (tertiary/aromatic N) is 3. The minimum absolute atomic E-state index is 0.593. The molecule has 2 saturated heterocycles. The van der Waals surface area contributed by atoms with Gasteiger partial charge in [0.15, 0.2) is 0 Å². The van der Waals surface area contributed by atoms with Gasteiger partial charge in [-0.15, -0.1) is 0 Å². The van der Waals surface area contributed by atoms with Gasteiger partial charge in [-0.25, -0.2) is 0 Å². The van der Waals surface area contributed by atoms with E-state index in [4.69, 9.17) is 10.00 Å². The van der Waals surface area contributed by atoms with E-state index in [1.165, 1.54) is 12.8 Å². The molecule has 2 rings (SSSR count). The maximum absolute atomic E-state index is 8.61. The van der Waals surface area contributed by atoms with Gasteiger partial charge in [0.25, 0.3) is 0 Å². The molecule has 0 spiro atoms. The number of hydrogen-bond donors (Lipinski definition) is 0. The Morgan fingerprint density at radius 3 is 2.40 bits per heavy atom. The number of ether oxygens (including phenoxy) is 1. The summed E-state index contributed by atoms with van der Waals surface area (Å²) in [5, 5.41) is 8.61. The summed E-state index contributed by atoms with van der Waals surface area (Å²) in [5.41, 5.74) is 0. The molecule has 0 unspecified atom stereocenters. The number of hydrogen-bond acceptors (Lipinski definition) is 4. The van der Waals surface area contributed by atoms with Crippen LogP contribution in [0.25, 0.3) is 0 Å². The van der Waals surface area contributed by atoms with E-state index < -0.39 is 0 Å². The van der Waals surface area contributed by atoms with E-state index in [1.54, 1.807) is 0 Å². The first kappa shape index (κ1) is 10.9. The van der Waals surface area contributed by atoms with Crippen molar-refractivity contribution in [2.75, 3.05) is 45.9 Å². The fraction of sp³-hybridized carbons (Fsp3) is 0.909. The van der Waals surface area contributed by atoms with Gasteiger partial charge in [0.2, 0.25) is 0 Å². The Labute approximate surface area is 91.4 Å². The Balaban J connectivity index is 1.75. The molecule has 0 saturated carbocycles. The zero-order valence-corrected chi connectivity index (χ0v) is 9.19. The van der Waals surface area contributed by atoms with Crippen LogP contribution in [0.1, 0.15) is 12.8 Å². The Morgan fingerprint density at radius 2 is 1.80 bits per heavy atom. The van der Waals surface area contributed by atoms with E-state index in [1.807, 2.05) is 0 Å². The van der Waals surface area contributed by atoms with Crippen LogP contribution in [0.15, 0.2) is 0 Å². The van der Waals surface area contributed by atoms with Gasteiger partial charge >= 0.3 is 0 Å². The molecular formula is C11H19N3O. The average Bonchev–Trinajstić information content (AvgIpc) is 2.32. The molecule has 4 heteroatoms. The maximum Gasteiger partial charge on any atom is 0.0866 e. The summed E-state index contributed by atoms with van der Waals surface area (Å²) in [6.07, 6.45) is 2.42. The summed E-state index contributed by atoms with van der Waals surface area (Å²) in [7, 11) is 0. The highest BCUT2D eigenvalue weighted by Crippen LogP contribution is 2.17. The third kappa shape index (κ3) is 2.91. The molecule has 0 amide bonds. The van der Waals surface area contributed by atoms with Gasteiger partial charge in [-0.05, 0) is 12.8 Å². The van der Waals surface area contributed by atoms with E-state index in [0.717, 1.165) is 45.4 Å². The molecule has 2 fully saturated rings. The highest BCUT2D eigenvalue weighted by Gasteiger charge is 2.25. The van der Waals surface area contributed by atoms with Gasteiger partial charge < -0.3 is 4.74 Å². The van der Waals surface area contributed by atoms with E-state index in [-0.39, 0.29) is 0 Å². The van der Waals surface area contributed by atoms with Crippen molar-refractivity contribution in [3.8, 4) is 6.07 Å². The van der Waals surface area contributed by atoms with Crippen LogP contribution in [0.5, 0.6) is 0 Å². The SMILES string of the molecule is N#CCN1CCC(N2CCOCC2)CC1. The van der Waals surface area contributed by atoms with E-state index >= 15 is 0 Å². The molecule has 0 aromatic rings. The van der Waals surface area contributed by atoms with Gasteiger partial charge in [0.05, 0.1) is 25.8 Å². The van der Waals surface area contributed by atoms with Crippen molar-refractivity contribution < 1.29 is 4.74 Å². The van der Waals surface area contributed by atoms with Crippen molar-refractivity contribution in [2.45, 2.75) is 18.9 Å². The predicted octanol–water partition coefficient (Wildman–Crippen LogP) is 0.307. The molecule has 84 valence electrons. The van der Waals surface area contributed by atoms with Gasteiger partial charge in [0.1, 0.15) is 0 Å². The molecule has 2 heterocycles. The van der Waals surface area contributed by atoms with Crippen molar-refractivity contribution in [3.63, 3.8) is 0 Å². The normalized spacial score (nSPS) is 26.3. The molecule has 0 aromatic carbocycles. The largest absolute Gasteiger partial charge is 0.379 e. The van der Waals surface area contributed by atoms with Gasteiger partial charge in [-0.3, -0.25) is 9.80 Å². The summed E-state index contributed by atoms with van der Waals surface area (Å²) < 4.78 is 5.36. The van der Waals surface area contributed by atoms with Gasteiger partial charge in [-0.1, -0.05) is 0 Å². The number of nitriles is 1. The summed E-state index contributed by atoms with van der Waals surface area (Å²) in [6.45, 7) is 6.70. The number of morpholine rings is 1. The van der Waals surface area contributed by atoms with Crippen LogP contribution in [0.4, 0.5) is 0 Å². The molecule has 0 bridgehead atoms. The highest BCUT2D eigenvalue weighted by atomic mass is 16.5. The quantitative estimate of drug-likeness (QED) is 0.614. The minimum atomic E-state index is 0.593. The fourth-order valence-corrected chi connectivity index (χ4v) is 2.49. The van der Waals surface area contributed by atoms with E-state index in [9.17, 15) is 0 Å². The Bertz CT molecular complexity index is 224. The van der Waals surface area contributed by atoms with Crippen LogP contribution in [-0.2, 0) is 4.74 Å². The second kappa shape index (κ2) is 5.45. The lowest BCUT2D eigenvalue weighted by molar-refractivity contribution is 0.00194. The summed E-state index contributed by atoms with van der Waals surface area (Å²) in [5.74, 6) is 0. The first-order chi connectivity index (χ1) is 7.40. The first-order valence-electron chi connectivity index (χ1n) is 5.81. The Morgan fingerprint density at radius 1 is 1.13 bits per heavy atom. The molecule has 0 N–H and O–H groups in total. The highest BCUT2D eigenvalue weighted by molar-refractivity contribution is 4.85. The third-order valence-corrected chi connectivity index (χ3v) is 3.41. The lowest BCUT2D eigenvalue weighted by Gasteiger charge is -2.39. The molecule has 2 aliphatic rings. The maximum atomic E-state index is 8.61. The van der Waals surface area contributed by atoms with Crippen molar-refractivity contribution in [3.05, 3.63) is 0 Å². The van der Waals surface area contributed by atoms with Crippen LogP contribution in [0, 0.1) is 11.3 Å². The van der Waals surface area contributed by atoms with E-state index in [2.05, 4.69) is 15.9 Å². The molecule has 4 nitrogen and oxygen atoms in total. The van der Waals surface area contributed by atoms with Crippen molar-refractivity contribution in [2.24, 2.45) is 0 Å². The second-order valence-corrected chi connectivity index (χ2v) is 4.31. The lowest BCUT2D eigenvalue weighted by Crippen LogP contribution is -2.49. The van der Waals surface area contributed by atoms with Crippen molar-refractivity contribution >= 4 is 0 Å². The van der Waals surface area contributed by atoms with Gasteiger partial charge in [-0.2, -0.15) is 5.26 Å². The monoisotopic (exact) mass is 209 g/mol. The molecular weight excluding hydrogens is 190 g/mol. The molecule has 0 radical (unpaired) electrons. The Hall–Kier alpha value is -0.630. The molecule has 2 aliphatic heterocycles. The Kier molecular flexibility index (Phi) is 3.95. The summed E-state index contributed by atoms with van der Waals surface area (Å²) in [4.78, 5) is 4.80. The zero-order valence-electron chi connectivity index (χ0n) is 9.19. The smallest absolute Gasteiger partial charge is 0.0866 e. The summed E-state index contributed by atoms with van der Waals surface area (Å²) in [6, 6.07) is 2.95. The molecule has 0 aliphatic carbocycles. The third-order valence-electron chi connectivity index (χ3n) is 3.41. The number of likely N-dealkylation sites (tertiary alicyclic amines) is 1.